The highest BCUT2D eigenvalue weighted by atomic mass is 16.4. The molecule has 2 heterocycles. The van der Waals surface area contributed by atoms with Gasteiger partial charge in [0.15, 0.2) is 5.96 Å². The van der Waals surface area contributed by atoms with E-state index in [1.165, 1.54) is 22.6 Å². The summed E-state index contributed by atoms with van der Waals surface area (Å²) in [4.78, 5) is 43.1. The number of nitrogens with zero attached hydrogens (tertiary/aromatic N) is 2. The van der Waals surface area contributed by atoms with Gasteiger partial charge in [0.25, 0.3) is 0 Å². The molecule has 8 atom stereocenters. The van der Waals surface area contributed by atoms with Crippen molar-refractivity contribution >= 4 is 41.1 Å². The summed E-state index contributed by atoms with van der Waals surface area (Å²) in [5.41, 5.74) is 17.3. The van der Waals surface area contributed by atoms with Crippen molar-refractivity contribution < 1.29 is 24.6 Å². The summed E-state index contributed by atoms with van der Waals surface area (Å²) < 4.78 is 0. The van der Waals surface area contributed by atoms with Crippen LogP contribution in [0.1, 0.15) is 99.2 Å². The minimum Gasteiger partial charge on any atom is -0.478 e. The maximum atomic E-state index is 12.5. The topological polar surface area (TPSA) is 198 Å². The Bertz CT molecular complexity index is 1770. The van der Waals surface area contributed by atoms with Gasteiger partial charge in [-0.05, 0) is 127 Å². The summed E-state index contributed by atoms with van der Waals surface area (Å²) in [5, 5.41) is 30.3. The Labute approximate surface area is 312 Å². The average molecular weight is 724 g/mol. The molecule has 11 heteroatoms. The third kappa shape index (κ3) is 9.37. The number of carboxylic acid groups (broad SMARTS) is 1. The number of carbonyl (C=O) groups is 3. The number of guanidine groups is 1. The van der Waals surface area contributed by atoms with Crippen LogP contribution in [0.4, 0.5) is 5.82 Å². The molecule has 11 nitrogen and oxygen atoms in total. The van der Waals surface area contributed by atoms with Crippen LogP contribution in [0.15, 0.2) is 65.3 Å². The number of carboxylic acids is 1. The van der Waals surface area contributed by atoms with Gasteiger partial charge >= 0.3 is 5.97 Å². The van der Waals surface area contributed by atoms with Crippen molar-refractivity contribution in [3.05, 3.63) is 82.3 Å². The number of carbonyl (C=O) groups excluding carboxylic acids is 2. The summed E-state index contributed by atoms with van der Waals surface area (Å²) >= 11 is 0. The Morgan fingerprint density at radius 1 is 1.02 bits per heavy atom. The number of benzene rings is 2. The summed E-state index contributed by atoms with van der Waals surface area (Å²) in [5.74, 6) is 0.839. The largest absolute Gasteiger partial charge is 0.478 e. The van der Waals surface area contributed by atoms with Gasteiger partial charge in [0.05, 0.1) is 6.04 Å². The SMILES string of the molecule is NC1=NCCC(C(=CC(=O)O)C([N-]c2ccc[nH]2)C2CCC3CC2C(CCCC(N)CCC(C=O)CCCO)c2cc4cc(CC=O)ccc4cc23)N1. The predicted molar refractivity (Wildman–Crippen MR) is 208 cm³/mol. The van der Waals surface area contributed by atoms with Crippen LogP contribution in [-0.2, 0) is 20.8 Å². The molecular weight excluding hydrogens is 668 g/mol. The molecule has 1 aromatic heterocycles. The standard InChI is InChI=1S/C42H55N6O5/c43-31(12-9-27(25-51)4-3-18-49)5-1-6-32-35-22-29(34-21-28-10-8-26(15-19-50)20-30(28)23-36(32)34)11-13-33(35)41(48-39-7-2-16-45-39)37(24-40(52)53)38-14-17-46-42(44)47-38/h2,7-8,10,16,19-21,23-25,27,29,31-33,35,38,41,45,49H,1,3-6,9,11-15,17-18,22,43H2,(H,52,53)(H3,44,46,47)/q-1. The quantitative estimate of drug-likeness (QED) is 0.0627. The van der Waals surface area contributed by atoms with E-state index in [2.05, 4.69) is 39.6 Å². The average Bonchev–Trinajstić information content (AvgIpc) is 3.67. The number of hydrogen-bond acceptors (Lipinski definition) is 8. The Hall–Kier alpha value is -4.48. The molecule has 3 aromatic rings. The molecule has 8 N–H and O–H groups in total. The number of nitrogens with one attached hydrogen (secondary N) is 2. The number of aliphatic hydroxyl groups excluding tert-OH is 1. The van der Waals surface area contributed by atoms with Gasteiger partial charge < -0.3 is 46.9 Å². The van der Waals surface area contributed by atoms with Gasteiger partial charge in [-0.1, -0.05) is 60.9 Å². The zero-order chi connectivity index (χ0) is 37.3. The fraction of sp³-hybridized carbons (Fsp3) is 0.524. The molecule has 1 aliphatic heterocycles. The van der Waals surface area contributed by atoms with Gasteiger partial charge in [-0.25, -0.2) is 4.79 Å². The van der Waals surface area contributed by atoms with Crippen molar-refractivity contribution in [2.24, 2.45) is 34.2 Å². The van der Waals surface area contributed by atoms with E-state index >= 15 is 0 Å². The van der Waals surface area contributed by atoms with Gasteiger partial charge in [0.2, 0.25) is 0 Å². The lowest BCUT2D eigenvalue weighted by molar-refractivity contribution is -0.131. The van der Waals surface area contributed by atoms with Crippen molar-refractivity contribution in [2.75, 3.05) is 13.2 Å². The summed E-state index contributed by atoms with van der Waals surface area (Å²) in [7, 11) is 0. The number of aliphatic imine (C=N–C) groups is 1. The Morgan fingerprint density at radius 2 is 1.87 bits per heavy atom. The van der Waals surface area contributed by atoms with E-state index in [0.29, 0.717) is 49.9 Å². The molecule has 8 unspecified atom stereocenters. The highest BCUT2D eigenvalue weighted by Crippen LogP contribution is 2.57. The Kier molecular flexibility index (Phi) is 13.0. The van der Waals surface area contributed by atoms with Crippen molar-refractivity contribution in [3.8, 4) is 0 Å². The van der Waals surface area contributed by atoms with Crippen molar-refractivity contribution in [3.63, 3.8) is 0 Å². The van der Waals surface area contributed by atoms with Gasteiger partial charge in [-0.2, -0.15) is 0 Å². The lowest BCUT2D eigenvalue weighted by atomic mass is 9.56. The number of aldehydes is 2. The molecule has 0 saturated heterocycles. The summed E-state index contributed by atoms with van der Waals surface area (Å²) in [6.45, 7) is 0.596. The lowest BCUT2D eigenvalue weighted by Gasteiger charge is -2.51. The molecule has 0 spiro atoms. The van der Waals surface area contributed by atoms with Gasteiger partial charge in [-0.15, -0.1) is 0 Å². The molecular formula is C42H55N6O5-. The number of fused-ring (bicyclic) bond motifs is 5. The molecule has 53 heavy (non-hydrogen) atoms. The van der Waals surface area contributed by atoms with Crippen LogP contribution in [0.3, 0.4) is 0 Å². The molecule has 1 fully saturated rings. The zero-order valence-electron chi connectivity index (χ0n) is 30.5. The van der Waals surface area contributed by atoms with Gasteiger partial charge in [-0.3, -0.25) is 4.99 Å². The highest BCUT2D eigenvalue weighted by Gasteiger charge is 2.45. The first-order valence-corrected chi connectivity index (χ1v) is 19.4. The van der Waals surface area contributed by atoms with E-state index in [4.69, 9.17) is 16.8 Å². The smallest absolute Gasteiger partial charge is 0.328 e. The fourth-order valence-corrected chi connectivity index (χ4v) is 9.42. The number of nitrogens with two attached hydrogens (primary N) is 2. The molecule has 284 valence electrons. The number of aromatic nitrogens is 1. The second-order valence-corrected chi connectivity index (χ2v) is 15.4. The van der Waals surface area contributed by atoms with E-state index in [1.807, 2.05) is 24.4 Å². The number of hydrogen-bond donors (Lipinski definition) is 6. The molecule has 0 amide bonds. The van der Waals surface area contributed by atoms with Crippen LogP contribution in [0, 0.1) is 17.8 Å². The highest BCUT2D eigenvalue weighted by molar-refractivity contribution is 5.86. The first kappa shape index (κ1) is 38.3. The normalized spacial score (nSPS) is 24.3. The molecule has 2 aromatic carbocycles. The van der Waals surface area contributed by atoms with Crippen LogP contribution in [-0.4, -0.2) is 71.0 Å². The number of aliphatic carboxylic acids is 1. The van der Waals surface area contributed by atoms with Crippen molar-refractivity contribution in [1.29, 1.82) is 0 Å². The fourth-order valence-electron chi connectivity index (χ4n) is 9.42. The van der Waals surface area contributed by atoms with E-state index in [1.54, 1.807) is 0 Å². The maximum absolute atomic E-state index is 12.5. The minimum absolute atomic E-state index is 0.0303. The number of rotatable bonds is 19. The van der Waals surface area contributed by atoms with Gasteiger partial charge in [0, 0.05) is 37.6 Å². The third-order valence-electron chi connectivity index (χ3n) is 12.0. The van der Waals surface area contributed by atoms with Crippen LogP contribution in [0.5, 0.6) is 0 Å². The molecule has 2 aliphatic carbocycles. The van der Waals surface area contributed by atoms with Crippen LogP contribution >= 0.6 is 0 Å². The third-order valence-corrected chi connectivity index (χ3v) is 12.0. The predicted octanol–water partition coefficient (Wildman–Crippen LogP) is 6.13. The Morgan fingerprint density at radius 3 is 2.60 bits per heavy atom. The van der Waals surface area contributed by atoms with E-state index < -0.39 is 12.0 Å². The number of aliphatic hydroxyl groups is 1. The van der Waals surface area contributed by atoms with Crippen LogP contribution < -0.4 is 16.8 Å². The van der Waals surface area contributed by atoms with Crippen LogP contribution in [0.2, 0.25) is 0 Å². The molecule has 3 aliphatic rings. The second kappa shape index (κ2) is 18.0. The minimum atomic E-state index is -1.01. The monoisotopic (exact) mass is 723 g/mol. The molecule has 2 bridgehead atoms. The first-order valence-electron chi connectivity index (χ1n) is 19.4. The Balaban J connectivity index is 1.34. The molecule has 1 saturated carbocycles. The maximum Gasteiger partial charge on any atom is 0.328 e. The van der Waals surface area contributed by atoms with Crippen LogP contribution in [0.25, 0.3) is 16.1 Å². The first-order chi connectivity index (χ1) is 25.8. The van der Waals surface area contributed by atoms with Crippen molar-refractivity contribution in [2.45, 2.75) is 107 Å². The lowest BCUT2D eigenvalue weighted by Crippen LogP contribution is -2.49. The molecule has 0 radical (unpaired) electrons. The van der Waals surface area contributed by atoms with Gasteiger partial charge in [0.1, 0.15) is 12.6 Å². The zero-order valence-corrected chi connectivity index (χ0v) is 30.5. The number of aromatic amines is 1. The van der Waals surface area contributed by atoms with E-state index in [9.17, 15) is 24.6 Å². The summed E-state index contributed by atoms with van der Waals surface area (Å²) in [6, 6.07) is 14.1. The summed E-state index contributed by atoms with van der Waals surface area (Å²) in [6.07, 6.45) is 14.5. The number of H-pyrrole nitrogens is 1. The van der Waals surface area contributed by atoms with E-state index in [-0.39, 0.29) is 42.4 Å². The molecule has 6 rings (SSSR count). The van der Waals surface area contributed by atoms with E-state index in [0.717, 1.165) is 80.5 Å². The van der Waals surface area contributed by atoms with Crippen molar-refractivity contribution in [1.82, 2.24) is 10.3 Å². The second-order valence-electron chi connectivity index (χ2n) is 15.4.